The van der Waals surface area contributed by atoms with Crippen molar-refractivity contribution in [1.82, 2.24) is 9.80 Å². The molecule has 1 aliphatic heterocycles. The van der Waals surface area contributed by atoms with Crippen LogP contribution in [-0.4, -0.2) is 46.2 Å². The van der Waals surface area contributed by atoms with E-state index in [0.717, 1.165) is 4.90 Å². The Morgan fingerprint density at radius 3 is 2.50 bits per heavy atom. The van der Waals surface area contributed by atoms with Gasteiger partial charge >= 0.3 is 11.4 Å². The van der Waals surface area contributed by atoms with Crippen molar-refractivity contribution in [3.05, 3.63) is 0 Å². The van der Waals surface area contributed by atoms with Crippen LogP contribution >= 0.6 is 11.6 Å². The highest BCUT2D eigenvalue weighted by molar-refractivity contribution is 6.63. The summed E-state index contributed by atoms with van der Waals surface area (Å²) in [5, 5.41) is -0.699. The molecular formula is C7H10ClN3O3. The Bertz CT molecular complexity index is 294. The van der Waals surface area contributed by atoms with Gasteiger partial charge in [-0.3, -0.25) is 14.5 Å². The number of imide groups is 1. The van der Waals surface area contributed by atoms with Crippen molar-refractivity contribution >= 4 is 28.9 Å². The molecule has 6 nitrogen and oxygen atoms in total. The third-order valence-corrected chi connectivity index (χ3v) is 2.36. The van der Waals surface area contributed by atoms with Crippen LogP contribution < -0.4 is 5.73 Å². The van der Waals surface area contributed by atoms with Crippen molar-refractivity contribution < 1.29 is 14.4 Å². The van der Waals surface area contributed by atoms with Gasteiger partial charge in [0.25, 0.3) is 5.91 Å². The molecule has 1 rings (SSSR count). The first-order valence-corrected chi connectivity index (χ1v) is 4.40. The van der Waals surface area contributed by atoms with E-state index in [1.807, 2.05) is 0 Å². The van der Waals surface area contributed by atoms with Crippen molar-refractivity contribution in [2.75, 3.05) is 13.1 Å². The normalized spacial score (nSPS) is 22.4. The highest BCUT2D eigenvalue weighted by Gasteiger charge is 2.35. The third-order valence-electron chi connectivity index (χ3n) is 2.15. The van der Waals surface area contributed by atoms with Crippen LogP contribution in [0.4, 0.5) is 9.59 Å². The predicted molar refractivity (Wildman–Crippen MR) is 48.7 cm³/mol. The molecule has 1 saturated heterocycles. The van der Waals surface area contributed by atoms with Gasteiger partial charge in [0.1, 0.15) is 6.04 Å². The van der Waals surface area contributed by atoms with Crippen LogP contribution in [-0.2, 0) is 4.79 Å². The third kappa shape index (κ3) is 1.79. The van der Waals surface area contributed by atoms with Gasteiger partial charge in [0.05, 0.1) is 0 Å². The topological polar surface area (TPSA) is 83.7 Å². The number of rotatable bonds is 0. The highest BCUT2D eigenvalue weighted by atomic mass is 35.5. The summed E-state index contributed by atoms with van der Waals surface area (Å²) in [6.45, 7) is 1.81. The first-order chi connectivity index (χ1) is 6.45. The standard InChI is InChI=1S/C7H10ClN3O3/c1-4-5(12)11(7(9)14)3-2-10(4)6(8)13/h4H,2-3H2,1H3,(H2,9,14). The van der Waals surface area contributed by atoms with E-state index in [1.165, 1.54) is 11.8 Å². The van der Waals surface area contributed by atoms with Crippen LogP contribution in [0.5, 0.6) is 0 Å². The van der Waals surface area contributed by atoms with Gasteiger partial charge in [-0.2, -0.15) is 0 Å². The van der Waals surface area contributed by atoms with Gasteiger partial charge in [-0.25, -0.2) is 4.79 Å². The Balaban J connectivity index is 2.79. The first kappa shape index (κ1) is 10.8. The number of amides is 4. The summed E-state index contributed by atoms with van der Waals surface area (Å²) in [6.07, 6.45) is 0. The Hall–Kier alpha value is -1.30. The molecule has 7 heteroatoms. The molecule has 0 saturated carbocycles. The lowest BCUT2D eigenvalue weighted by atomic mass is 10.2. The van der Waals surface area contributed by atoms with E-state index in [1.54, 1.807) is 0 Å². The molecule has 1 atom stereocenters. The Morgan fingerprint density at radius 2 is 2.07 bits per heavy atom. The summed E-state index contributed by atoms with van der Waals surface area (Å²) in [5.74, 6) is -0.502. The van der Waals surface area contributed by atoms with Crippen LogP contribution in [0.1, 0.15) is 6.92 Å². The molecule has 0 radical (unpaired) electrons. The fourth-order valence-electron chi connectivity index (χ4n) is 1.33. The maximum absolute atomic E-state index is 11.5. The smallest absolute Gasteiger partial charge is 0.321 e. The summed E-state index contributed by atoms with van der Waals surface area (Å²) in [4.78, 5) is 35.2. The van der Waals surface area contributed by atoms with E-state index in [0.29, 0.717) is 0 Å². The fraction of sp³-hybridized carbons (Fsp3) is 0.571. The van der Waals surface area contributed by atoms with Gasteiger partial charge in [-0.1, -0.05) is 0 Å². The molecule has 0 aromatic rings. The maximum atomic E-state index is 11.5. The summed E-state index contributed by atoms with van der Waals surface area (Å²) in [7, 11) is 0. The molecule has 78 valence electrons. The lowest BCUT2D eigenvalue weighted by molar-refractivity contribution is -0.135. The largest absolute Gasteiger partial charge is 0.351 e. The van der Waals surface area contributed by atoms with E-state index in [9.17, 15) is 14.4 Å². The number of hydrogen-bond acceptors (Lipinski definition) is 3. The van der Waals surface area contributed by atoms with Crippen LogP contribution in [0, 0.1) is 0 Å². The minimum atomic E-state index is -0.802. The number of urea groups is 1. The van der Waals surface area contributed by atoms with Crippen LogP contribution in [0.2, 0.25) is 0 Å². The second-order valence-corrected chi connectivity index (χ2v) is 3.27. The number of nitrogens with zero attached hydrogens (tertiary/aromatic N) is 2. The van der Waals surface area contributed by atoms with Gasteiger partial charge in [0.15, 0.2) is 0 Å². The van der Waals surface area contributed by atoms with E-state index in [2.05, 4.69) is 0 Å². The number of hydrogen-bond donors (Lipinski definition) is 1. The fourth-order valence-corrected chi connectivity index (χ4v) is 1.56. The van der Waals surface area contributed by atoms with Crippen molar-refractivity contribution in [3.63, 3.8) is 0 Å². The number of nitrogens with two attached hydrogens (primary N) is 1. The van der Waals surface area contributed by atoms with Gasteiger partial charge < -0.3 is 10.6 Å². The van der Waals surface area contributed by atoms with Crippen molar-refractivity contribution in [1.29, 1.82) is 0 Å². The number of carbonyl (C=O) groups is 3. The number of halogens is 1. The lowest BCUT2D eigenvalue weighted by Crippen LogP contribution is -2.59. The van der Waals surface area contributed by atoms with Crippen LogP contribution in [0.25, 0.3) is 0 Å². The molecule has 0 aliphatic carbocycles. The molecule has 0 aromatic heterocycles. The van der Waals surface area contributed by atoms with Gasteiger partial charge in [-0.15, -0.1) is 0 Å². The molecule has 0 aromatic carbocycles. The molecular weight excluding hydrogens is 210 g/mol. The van der Waals surface area contributed by atoms with E-state index >= 15 is 0 Å². The molecule has 0 spiro atoms. The van der Waals surface area contributed by atoms with E-state index < -0.39 is 23.3 Å². The van der Waals surface area contributed by atoms with Gasteiger partial charge in [0, 0.05) is 13.1 Å². The Labute approximate surface area is 85.6 Å². The molecule has 1 heterocycles. The molecule has 1 fully saturated rings. The van der Waals surface area contributed by atoms with Crippen molar-refractivity contribution in [2.45, 2.75) is 13.0 Å². The first-order valence-electron chi connectivity index (χ1n) is 4.02. The quantitative estimate of drug-likeness (QED) is 0.458. The second-order valence-electron chi connectivity index (χ2n) is 2.95. The van der Waals surface area contributed by atoms with Gasteiger partial charge in [0.2, 0.25) is 0 Å². The Morgan fingerprint density at radius 1 is 1.50 bits per heavy atom. The number of carbonyl (C=O) groups excluding carboxylic acids is 3. The maximum Gasteiger partial charge on any atom is 0.321 e. The monoisotopic (exact) mass is 219 g/mol. The lowest BCUT2D eigenvalue weighted by Gasteiger charge is -2.35. The second kappa shape index (κ2) is 3.83. The average molecular weight is 220 g/mol. The summed E-state index contributed by atoms with van der Waals surface area (Å²) in [6, 6.07) is -1.54. The molecule has 14 heavy (non-hydrogen) atoms. The number of primary amides is 1. The highest BCUT2D eigenvalue weighted by Crippen LogP contribution is 2.12. The van der Waals surface area contributed by atoms with Crippen molar-refractivity contribution in [2.24, 2.45) is 5.73 Å². The minimum absolute atomic E-state index is 0.0942. The molecule has 2 N–H and O–H groups in total. The zero-order chi connectivity index (χ0) is 10.9. The number of piperazine rings is 1. The summed E-state index contributed by atoms with van der Waals surface area (Å²) in [5.41, 5.74) is 4.97. The molecule has 4 amide bonds. The van der Waals surface area contributed by atoms with Crippen LogP contribution in [0.3, 0.4) is 0 Å². The molecule has 1 aliphatic rings. The predicted octanol–water partition coefficient (Wildman–Crippen LogP) is -0.0434. The minimum Gasteiger partial charge on any atom is -0.351 e. The molecule has 1 unspecified atom stereocenters. The Kier molecular flexibility index (Phi) is 2.95. The summed E-state index contributed by atoms with van der Waals surface area (Å²) >= 11 is 5.24. The van der Waals surface area contributed by atoms with E-state index in [4.69, 9.17) is 17.3 Å². The SMILES string of the molecule is CC1C(=O)N(C(N)=O)CCN1C(=O)Cl. The molecule has 0 bridgehead atoms. The van der Waals surface area contributed by atoms with Crippen LogP contribution in [0.15, 0.2) is 0 Å². The zero-order valence-corrected chi connectivity index (χ0v) is 8.32. The van der Waals surface area contributed by atoms with E-state index in [-0.39, 0.29) is 13.1 Å². The average Bonchev–Trinajstić information content (AvgIpc) is 2.08. The van der Waals surface area contributed by atoms with Gasteiger partial charge in [-0.05, 0) is 18.5 Å². The zero-order valence-electron chi connectivity index (χ0n) is 7.57. The summed E-state index contributed by atoms with van der Waals surface area (Å²) < 4.78 is 0. The van der Waals surface area contributed by atoms with Crippen molar-refractivity contribution in [3.8, 4) is 0 Å².